The van der Waals surface area contributed by atoms with Crippen LogP contribution in [0.4, 0.5) is 5.69 Å². The summed E-state index contributed by atoms with van der Waals surface area (Å²) in [6.07, 6.45) is 1.70. The van der Waals surface area contributed by atoms with Crippen molar-refractivity contribution in [3.63, 3.8) is 0 Å². The van der Waals surface area contributed by atoms with E-state index in [1.807, 2.05) is 31.2 Å². The van der Waals surface area contributed by atoms with Crippen LogP contribution in [-0.2, 0) is 6.54 Å². The number of carboxylic acid groups (broad SMARTS) is 1. The zero-order chi connectivity index (χ0) is 15.9. The molecule has 22 heavy (non-hydrogen) atoms. The van der Waals surface area contributed by atoms with Crippen LogP contribution in [0.5, 0.6) is 5.75 Å². The predicted octanol–water partition coefficient (Wildman–Crippen LogP) is 3.87. The van der Waals surface area contributed by atoms with Gasteiger partial charge in [-0.1, -0.05) is 30.9 Å². The number of carbonyl (C=O) groups is 1. The third-order valence-electron chi connectivity index (χ3n) is 3.26. The van der Waals surface area contributed by atoms with Gasteiger partial charge in [0.15, 0.2) is 0 Å². The molecule has 4 heteroatoms. The Kier molecular flexibility index (Phi) is 5.20. The maximum atomic E-state index is 11.0. The van der Waals surface area contributed by atoms with Crippen LogP contribution in [0, 0.1) is 6.92 Å². The van der Waals surface area contributed by atoms with Gasteiger partial charge in [-0.2, -0.15) is 0 Å². The molecular formula is C18H19NO3. The summed E-state index contributed by atoms with van der Waals surface area (Å²) in [6.45, 7) is 6.65. The van der Waals surface area contributed by atoms with Gasteiger partial charge in [-0.05, 0) is 42.3 Å². The van der Waals surface area contributed by atoms with E-state index in [0.717, 1.165) is 22.6 Å². The van der Waals surface area contributed by atoms with Crippen molar-refractivity contribution < 1.29 is 14.6 Å². The third-order valence-corrected chi connectivity index (χ3v) is 3.26. The lowest BCUT2D eigenvalue weighted by atomic mass is 10.1. The molecule has 114 valence electrons. The van der Waals surface area contributed by atoms with Crippen LogP contribution in [0.2, 0.25) is 0 Å². The highest BCUT2D eigenvalue weighted by atomic mass is 16.5. The highest BCUT2D eigenvalue weighted by molar-refractivity contribution is 5.89. The SMILES string of the molecule is C=CCOc1ccc(CNc2cc(C(=O)O)ccc2C)cc1. The second-order valence-corrected chi connectivity index (χ2v) is 4.93. The molecule has 2 rings (SSSR count). The minimum Gasteiger partial charge on any atom is -0.490 e. The number of rotatable bonds is 7. The summed E-state index contributed by atoms with van der Waals surface area (Å²) < 4.78 is 5.43. The number of benzene rings is 2. The number of aromatic carboxylic acids is 1. The number of carboxylic acids is 1. The van der Waals surface area contributed by atoms with Gasteiger partial charge in [0.05, 0.1) is 5.56 Å². The van der Waals surface area contributed by atoms with E-state index in [1.165, 1.54) is 0 Å². The maximum Gasteiger partial charge on any atom is 0.335 e. The largest absolute Gasteiger partial charge is 0.490 e. The molecule has 0 bridgehead atoms. The van der Waals surface area contributed by atoms with Gasteiger partial charge in [-0.3, -0.25) is 0 Å². The topological polar surface area (TPSA) is 58.6 Å². The van der Waals surface area contributed by atoms with Gasteiger partial charge in [0, 0.05) is 12.2 Å². The Morgan fingerprint density at radius 2 is 2.00 bits per heavy atom. The van der Waals surface area contributed by atoms with Gasteiger partial charge >= 0.3 is 5.97 Å². The Hall–Kier alpha value is -2.75. The monoisotopic (exact) mass is 297 g/mol. The summed E-state index contributed by atoms with van der Waals surface area (Å²) >= 11 is 0. The molecule has 0 aliphatic heterocycles. The first-order chi connectivity index (χ1) is 10.6. The van der Waals surface area contributed by atoms with Crippen LogP contribution in [0.15, 0.2) is 55.1 Å². The van der Waals surface area contributed by atoms with Gasteiger partial charge in [0.2, 0.25) is 0 Å². The van der Waals surface area contributed by atoms with Gasteiger partial charge in [0.1, 0.15) is 12.4 Å². The van der Waals surface area contributed by atoms with Crippen LogP contribution in [0.3, 0.4) is 0 Å². The number of anilines is 1. The molecule has 0 unspecified atom stereocenters. The van der Waals surface area contributed by atoms with Gasteiger partial charge in [0.25, 0.3) is 0 Å². The van der Waals surface area contributed by atoms with Crippen molar-refractivity contribution in [1.29, 1.82) is 0 Å². The van der Waals surface area contributed by atoms with E-state index < -0.39 is 5.97 Å². The Morgan fingerprint density at radius 1 is 1.27 bits per heavy atom. The van der Waals surface area contributed by atoms with Crippen molar-refractivity contribution in [2.75, 3.05) is 11.9 Å². The van der Waals surface area contributed by atoms with Crippen LogP contribution < -0.4 is 10.1 Å². The summed E-state index contributed by atoms with van der Waals surface area (Å²) in [7, 11) is 0. The Morgan fingerprint density at radius 3 is 2.64 bits per heavy atom. The number of ether oxygens (including phenoxy) is 1. The van der Waals surface area contributed by atoms with E-state index in [9.17, 15) is 4.79 Å². The van der Waals surface area contributed by atoms with Gasteiger partial charge in [-0.25, -0.2) is 4.79 Å². The van der Waals surface area contributed by atoms with E-state index in [4.69, 9.17) is 9.84 Å². The maximum absolute atomic E-state index is 11.0. The first kappa shape index (κ1) is 15.6. The van der Waals surface area contributed by atoms with Crippen LogP contribution in [0.25, 0.3) is 0 Å². The van der Waals surface area contributed by atoms with Gasteiger partial charge < -0.3 is 15.2 Å². The van der Waals surface area contributed by atoms with Crippen LogP contribution in [-0.4, -0.2) is 17.7 Å². The summed E-state index contributed by atoms with van der Waals surface area (Å²) in [4.78, 5) is 11.0. The quantitative estimate of drug-likeness (QED) is 0.762. The lowest BCUT2D eigenvalue weighted by Crippen LogP contribution is -2.04. The van der Waals surface area contributed by atoms with Gasteiger partial charge in [-0.15, -0.1) is 0 Å². The molecule has 2 aromatic rings. The minimum atomic E-state index is -0.924. The number of nitrogens with one attached hydrogen (secondary N) is 1. The molecule has 0 fully saturated rings. The molecule has 0 aliphatic rings. The molecule has 0 spiro atoms. The summed E-state index contributed by atoms with van der Waals surface area (Å²) in [5, 5.41) is 12.3. The molecule has 2 N–H and O–H groups in total. The highest BCUT2D eigenvalue weighted by Crippen LogP contribution is 2.19. The van der Waals surface area contributed by atoms with Crippen molar-refractivity contribution in [3.05, 3.63) is 71.8 Å². The first-order valence-electron chi connectivity index (χ1n) is 7.00. The zero-order valence-electron chi connectivity index (χ0n) is 12.5. The molecule has 0 amide bonds. The van der Waals surface area contributed by atoms with Crippen molar-refractivity contribution in [3.8, 4) is 5.75 Å². The molecule has 2 aromatic carbocycles. The van der Waals surface area contributed by atoms with E-state index in [2.05, 4.69) is 11.9 Å². The first-order valence-corrected chi connectivity index (χ1v) is 7.00. The van der Waals surface area contributed by atoms with Crippen LogP contribution >= 0.6 is 0 Å². The summed E-state index contributed by atoms with van der Waals surface area (Å²) in [5.74, 6) is -0.125. The average Bonchev–Trinajstić information content (AvgIpc) is 2.53. The average molecular weight is 297 g/mol. The smallest absolute Gasteiger partial charge is 0.335 e. The molecular weight excluding hydrogens is 278 g/mol. The molecule has 0 atom stereocenters. The van der Waals surface area contributed by atoms with E-state index >= 15 is 0 Å². The van der Waals surface area contributed by atoms with E-state index in [1.54, 1.807) is 24.3 Å². The Labute approximate surface area is 130 Å². The second kappa shape index (κ2) is 7.31. The second-order valence-electron chi connectivity index (χ2n) is 4.93. The lowest BCUT2D eigenvalue weighted by Gasteiger charge is -2.11. The normalized spacial score (nSPS) is 10.0. The number of aryl methyl sites for hydroxylation is 1. The third kappa shape index (κ3) is 4.12. The minimum absolute atomic E-state index is 0.279. The van der Waals surface area contributed by atoms with E-state index in [0.29, 0.717) is 13.2 Å². The molecule has 0 saturated heterocycles. The summed E-state index contributed by atoms with van der Waals surface area (Å²) in [5.41, 5.74) is 3.20. The van der Waals surface area contributed by atoms with Crippen molar-refractivity contribution in [2.45, 2.75) is 13.5 Å². The molecule has 0 aliphatic carbocycles. The molecule has 4 nitrogen and oxygen atoms in total. The summed E-state index contributed by atoms with van der Waals surface area (Å²) in [6, 6.07) is 12.8. The molecule has 0 radical (unpaired) electrons. The lowest BCUT2D eigenvalue weighted by molar-refractivity contribution is 0.0697. The standard InChI is InChI=1S/C18H19NO3/c1-3-10-22-16-8-5-14(6-9-16)12-19-17-11-15(18(20)21)7-4-13(17)2/h3-9,11,19H,1,10,12H2,2H3,(H,20,21). The molecule has 0 aromatic heterocycles. The zero-order valence-corrected chi connectivity index (χ0v) is 12.5. The Bertz CT molecular complexity index is 663. The highest BCUT2D eigenvalue weighted by Gasteiger charge is 2.06. The van der Waals surface area contributed by atoms with Crippen molar-refractivity contribution in [2.24, 2.45) is 0 Å². The molecule has 0 heterocycles. The number of hydrogen-bond donors (Lipinski definition) is 2. The Balaban J connectivity index is 2.02. The van der Waals surface area contributed by atoms with Crippen molar-refractivity contribution in [1.82, 2.24) is 0 Å². The van der Waals surface area contributed by atoms with Crippen molar-refractivity contribution >= 4 is 11.7 Å². The van der Waals surface area contributed by atoms with Crippen LogP contribution in [0.1, 0.15) is 21.5 Å². The predicted molar refractivity (Wildman–Crippen MR) is 87.6 cm³/mol. The fraction of sp³-hybridized carbons (Fsp3) is 0.167. The number of hydrogen-bond acceptors (Lipinski definition) is 3. The fourth-order valence-electron chi connectivity index (χ4n) is 2.00. The fourth-order valence-corrected chi connectivity index (χ4v) is 2.00. The van der Waals surface area contributed by atoms with E-state index in [-0.39, 0.29) is 5.56 Å². The molecule has 0 saturated carbocycles.